The molecule has 19 heavy (non-hydrogen) atoms. The third kappa shape index (κ3) is 2.24. The summed E-state index contributed by atoms with van der Waals surface area (Å²) in [5.74, 6) is 0.692. The van der Waals surface area contributed by atoms with E-state index in [1.807, 2.05) is 6.20 Å². The van der Waals surface area contributed by atoms with Crippen molar-refractivity contribution in [3.05, 3.63) is 16.6 Å². The molecule has 1 aromatic rings. The van der Waals surface area contributed by atoms with E-state index in [1.54, 1.807) is 11.3 Å². The first kappa shape index (κ1) is 13.5. The number of nitrogens with one attached hydrogen (secondary N) is 1. The smallest absolute Gasteiger partial charge is 0.109 e. The van der Waals surface area contributed by atoms with E-state index in [2.05, 4.69) is 36.5 Å². The molecule has 4 heteroatoms. The molecule has 2 fully saturated rings. The number of rotatable bonds is 4. The monoisotopic (exact) mass is 280 g/mol. The summed E-state index contributed by atoms with van der Waals surface area (Å²) < 4.78 is 5.98. The second-order valence-corrected chi connectivity index (χ2v) is 7.32. The van der Waals surface area contributed by atoms with Crippen molar-refractivity contribution in [1.82, 2.24) is 10.3 Å². The van der Waals surface area contributed by atoms with Crippen molar-refractivity contribution >= 4 is 11.3 Å². The number of thiazole rings is 1. The number of ether oxygens (including phenoxy) is 1. The largest absolute Gasteiger partial charge is 0.377 e. The van der Waals surface area contributed by atoms with E-state index >= 15 is 0 Å². The first-order chi connectivity index (χ1) is 9.14. The van der Waals surface area contributed by atoms with Crippen molar-refractivity contribution in [3.8, 4) is 0 Å². The standard InChI is InChI=1S/C15H24N2OS/c1-4-11(14-16-7-9-19-14)17-12-10-6-5-8-18-13(10)15(12,2)3/h7,9-13,17H,4-6,8H2,1-3H3. The van der Waals surface area contributed by atoms with Crippen LogP contribution in [0.4, 0.5) is 0 Å². The highest BCUT2D eigenvalue weighted by Gasteiger charge is 2.58. The number of hydrogen-bond acceptors (Lipinski definition) is 4. The zero-order valence-corrected chi connectivity index (χ0v) is 12.9. The van der Waals surface area contributed by atoms with Gasteiger partial charge in [-0.15, -0.1) is 11.3 Å². The van der Waals surface area contributed by atoms with Crippen LogP contribution in [-0.2, 0) is 4.74 Å². The molecule has 0 bridgehead atoms. The van der Waals surface area contributed by atoms with Gasteiger partial charge < -0.3 is 10.1 Å². The summed E-state index contributed by atoms with van der Waals surface area (Å²) in [7, 11) is 0. The van der Waals surface area contributed by atoms with Gasteiger partial charge in [-0.2, -0.15) is 0 Å². The summed E-state index contributed by atoms with van der Waals surface area (Å²) in [6.45, 7) is 7.86. The number of fused-ring (bicyclic) bond motifs is 1. The Morgan fingerprint density at radius 3 is 3.11 bits per heavy atom. The van der Waals surface area contributed by atoms with Gasteiger partial charge in [0.15, 0.2) is 0 Å². The third-order valence-corrected chi connectivity index (χ3v) is 5.76. The molecule has 1 saturated carbocycles. The van der Waals surface area contributed by atoms with Crippen LogP contribution in [0.25, 0.3) is 0 Å². The minimum atomic E-state index is 0.246. The zero-order chi connectivity index (χ0) is 13.5. The van der Waals surface area contributed by atoms with Crippen LogP contribution in [0.1, 0.15) is 51.1 Å². The van der Waals surface area contributed by atoms with Gasteiger partial charge >= 0.3 is 0 Å². The molecule has 106 valence electrons. The van der Waals surface area contributed by atoms with Crippen molar-refractivity contribution in [1.29, 1.82) is 0 Å². The molecule has 0 amide bonds. The molecule has 1 aliphatic carbocycles. The lowest BCUT2D eigenvalue weighted by Crippen LogP contribution is -2.69. The highest BCUT2D eigenvalue weighted by molar-refractivity contribution is 7.09. The maximum absolute atomic E-state index is 5.98. The second-order valence-electron chi connectivity index (χ2n) is 6.39. The van der Waals surface area contributed by atoms with Crippen LogP contribution in [-0.4, -0.2) is 23.7 Å². The van der Waals surface area contributed by atoms with Gasteiger partial charge in [0.25, 0.3) is 0 Å². The summed E-state index contributed by atoms with van der Waals surface area (Å²) >= 11 is 1.76. The Morgan fingerprint density at radius 2 is 2.42 bits per heavy atom. The average molecular weight is 280 g/mol. The summed E-state index contributed by atoms with van der Waals surface area (Å²) in [5, 5.41) is 7.15. The molecule has 4 atom stereocenters. The van der Waals surface area contributed by atoms with Crippen molar-refractivity contribution in [3.63, 3.8) is 0 Å². The van der Waals surface area contributed by atoms with Crippen molar-refractivity contribution in [2.45, 2.75) is 58.2 Å². The Bertz CT molecular complexity index is 418. The fourth-order valence-corrected chi connectivity index (χ4v) is 4.63. The van der Waals surface area contributed by atoms with E-state index in [9.17, 15) is 0 Å². The highest BCUT2D eigenvalue weighted by atomic mass is 32.1. The maximum atomic E-state index is 5.98. The minimum Gasteiger partial charge on any atom is -0.377 e. The van der Waals surface area contributed by atoms with Crippen LogP contribution >= 0.6 is 11.3 Å². The molecule has 1 aliphatic heterocycles. The molecule has 4 unspecified atom stereocenters. The summed E-state index contributed by atoms with van der Waals surface area (Å²) in [5.41, 5.74) is 0.246. The van der Waals surface area contributed by atoms with E-state index in [0.717, 1.165) is 13.0 Å². The van der Waals surface area contributed by atoms with Gasteiger partial charge in [-0.1, -0.05) is 20.8 Å². The van der Waals surface area contributed by atoms with Crippen molar-refractivity contribution in [2.24, 2.45) is 11.3 Å². The molecule has 1 saturated heterocycles. The SMILES string of the molecule is CCC(NC1C2CCCOC2C1(C)C)c1nccs1. The van der Waals surface area contributed by atoms with Crippen LogP contribution < -0.4 is 5.32 Å². The molecule has 3 rings (SSSR count). The van der Waals surface area contributed by atoms with E-state index < -0.39 is 0 Å². The van der Waals surface area contributed by atoms with Gasteiger partial charge in [0, 0.05) is 35.6 Å². The van der Waals surface area contributed by atoms with E-state index in [-0.39, 0.29) is 5.41 Å². The Labute approximate surface area is 119 Å². The van der Waals surface area contributed by atoms with Crippen molar-refractivity contribution in [2.75, 3.05) is 6.61 Å². The molecule has 0 spiro atoms. The van der Waals surface area contributed by atoms with Gasteiger partial charge in [0.2, 0.25) is 0 Å². The lowest BCUT2D eigenvalue weighted by Gasteiger charge is -2.60. The minimum absolute atomic E-state index is 0.246. The zero-order valence-electron chi connectivity index (χ0n) is 12.1. The average Bonchev–Trinajstić information content (AvgIpc) is 2.93. The molecule has 2 heterocycles. The fourth-order valence-electron chi connectivity index (χ4n) is 3.85. The van der Waals surface area contributed by atoms with Crippen LogP contribution in [0, 0.1) is 11.3 Å². The first-order valence-corrected chi connectivity index (χ1v) is 8.29. The van der Waals surface area contributed by atoms with Crippen LogP contribution in [0.15, 0.2) is 11.6 Å². The predicted octanol–water partition coefficient (Wildman–Crippen LogP) is 3.39. The van der Waals surface area contributed by atoms with E-state index in [1.165, 1.54) is 17.8 Å². The van der Waals surface area contributed by atoms with Crippen LogP contribution in [0.5, 0.6) is 0 Å². The lowest BCUT2D eigenvalue weighted by atomic mass is 9.55. The van der Waals surface area contributed by atoms with Gasteiger partial charge in [-0.3, -0.25) is 0 Å². The maximum Gasteiger partial charge on any atom is 0.109 e. The first-order valence-electron chi connectivity index (χ1n) is 7.41. The topological polar surface area (TPSA) is 34.1 Å². The molecular weight excluding hydrogens is 256 g/mol. The normalized spacial score (nSPS) is 34.4. The van der Waals surface area contributed by atoms with Gasteiger partial charge in [0.05, 0.1) is 12.1 Å². The third-order valence-electron chi connectivity index (χ3n) is 4.87. The molecular formula is C15H24N2OS. The van der Waals surface area contributed by atoms with Gasteiger partial charge in [-0.25, -0.2) is 4.98 Å². The fraction of sp³-hybridized carbons (Fsp3) is 0.800. The number of nitrogens with zero attached hydrogens (tertiary/aromatic N) is 1. The predicted molar refractivity (Wildman–Crippen MR) is 78.3 cm³/mol. The van der Waals surface area contributed by atoms with Gasteiger partial charge in [0.1, 0.15) is 5.01 Å². The summed E-state index contributed by atoms with van der Waals surface area (Å²) in [6.07, 6.45) is 5.97. The quantitative estimate of drug-likeness (QED) is 0.918. The van der Waals surface area contributed by atoms with Crippen molar-refractivity contribution < 1.29 is 4.74 Å². The van der Waals surface area contributed by atoms with E-state index in [0.29, 0.717) is 24.1 Å². The second kappa shape index (κ2) is 5.15. The van der Waals surface area contributed by atoms with Gasteiger partial charge in [-0.05, 0) is 19.3 Å². The highest BCUT2D eigenvalue weighted by Crippen LogP contribution is 2.52. The van der Waals surface area contributed by atoms with E-state index in [4.69, 9.17) is 4.74 Å². The summed E-state index contributed by atoms with van der Waals surface area (Å²) in [6, 6.07) is 0.957. The molecule has 3 nitrogen and oxygen atoms in total. The molecule has 2 aliphatic rings. The molecule has 0 radical (unpaired) electrons. The molecule has 0 aromatic carbocycles. The number of hydrogen-bond donors (Lipinski definition) is 1. The Balaban J connectivity index is 1.71. The Morgan fingerprint density at radius 1 is 1.58 bits per heavy atom. The Hall–Kier alpha value is -0.450. The number of aromatic nitrogens is 1. The molecule has 1 N–H and O–H groups in total. The lowest BCUT2D eigenvalue weighted by molar-refractivity contribution is -0.194. The molecule has 1 aromatic heterocycles. The summed E-state index contributed by atoms with van der Waals surface area (Å²) in [4.78, 5) is 4.48. The Kier molecular flexibility index (Phi) is 3.67. The van der Waals surface area contributed by atoms with Crippen LogP contribution in [0.3, 0.4) is 0 Å². The van der Waals surface area contributed by atoms with Crippen LogP contribution in [0.2, 0.25) is 0 Å².